The molecule has 214 valence electrons. The summed E-state index contributed by atoms with van der Waals surface area (Å²) >= 11 is 0. The molecule has 0 amide bonds. The Morgan fingerprint density at radius 2 is 1.13 bits per heavy atom. The van der Waals surface area contributed by atoms with Gasteiger partial charge >= 0.3 is 17.9 Å². The zero-order valence-electron chi connectivity index (χ0n) is 24.2. The molecule has 2 rings (SSSR count). The molecule has 38 heavy (non-hydrogen) atoms. The second-order valence-electron chi connectivity index (χ2n) is 11.8. The molecule has 0 spiro atoms. The summed E-state index contributed by atoms with van der Waals surface area (Å²) in [5.41, 5.74) is -0.114. The van der Waals surface area contributed by atoms with Crippen LogP contribution in [-0.2, 0) is 35.2 Å². The first-order valence-electron chi connectivity index (χ1n) is 13.6. The Morgan fingerprint density at radius 3 is 1.58 bits per heavy atom. The maximum Gasteiger partial charge on any atom is 0.320 e. The van der Waals surface area contributed by atoms with E-state index in [9.17, 15) is 14.4 Å². The number of hydrogen-bond donors (Lipinski definition) is 0. The molecule has 0 saturated carbocycles. The van der Waals surface area contributed by atoms with Crippen molar-refractivity contribution in [3.05, 3.63) is 35.9 Å². The second kappa shape index (κ2) is 15.2. The summed E-state index contributed by atoms with van der Waals surface area (Å²) in [6.45, 7) is 16.7. The first kappa shape index (κ1) is 31.7. The number of rotatable bonds is 10. The molecule has 1 aromatic carbocycles. The lowest BCUT2D eigenvalue weighted by atomic mass is 10.2. The van der Waals surface area contributed by atoms with E-state index in [-0.39, 0.29) is 37.6 Å². The molecule has 9 nitrogen and oxygen atoms in total. The highest BCUT2D eigenvalue weighted by molar-refractivity contribution is 5.72. The van der Waals surface area contributed by atoms with E-state index in [4.69, 9.17) is 14.2 Å². The largest absolute Gasteiger partial charge is 0.461 e. The van der Waals surface area contributed by atoms with Crippen molar-refractivity contribution in [1.82, 2.24) is 14.7 Å². The third kappa shape index (κ3) is 14.4. The number of benzene rings is 1. The van der Waals surface area contributed by atoms with Crippen LogP contribution in [0.3, 0.4) is 0 Å². The lowest BCUT2D eigenvalue weighted by molar-refractivity contribution is -0.158. The summed E-state index contributed by atoms with van der Waals surface area (Å²) in [5.74, 6) is -0.734. The van der Waals surface area contributed by atoms with Crippen molar-refractivity contribution in [2.75, 3.05) is 58.9 Å². The van der Waals surface area contributed by atoms with Gasteiger partial charge in [0, 0.05) is 45.7 Å². The third-order valence-electron chi connectivity index (χ3n) is 5.84. The number of hydrogen-bond acceptors (Lipinski definition) is 9. The van der Waals surface area contributed by atoms with Crippen LogP contribution in [0.2, 0.25) is 0 Å². The van der Waals surface area contributed by atoms with Crippen molar-refractivity contribution in [2.45, 2.75) is 72.2 Å². The molecule has 1 aliphatic rings. The average Bonchev–Trinajstić information content (AvgIpc) is 2.88. The van der Waals surface area contributed by atoms with E-state index in [1.807, 2.05) is 71.9 Å². The van der Waals surface area contributed by atoms with Crippen molar-refractivity contribution in [2.24, 2.45) is 0 Å². The van der Waals surface area contributed by atoms with E-state index in [2.05, 4.69) is 14.7 Å². The fourth-order valence-corrected chi connectivity index (χ4v) is 4.09. The van der Waals surface area contributed by atoms with E-state index >= 15 is 0 Å². The van der Waals surface area contributed by atoms with Gasteiger partial charge in [0.1, 0.15) is 17.8 Å². The van der Waals surface area contributed by atoms with Gasteiger partial charge in [-0.3, -0.25) is 24.2 Å². The molecule has 0 aromatic heterocycles. The molecule has 0 aliphatic carbocycles. The number of esters is 3. The smallest absolute Gasteiger partial charge is 0.320 e. The summed E-state index contributed by atoms with van der Waals surface area (Å²) in [7, 11) is 0. The zero-order valence-corrected chi connectivity index (χ0v) is 24.2. The van der Waals surface area contributed by atoms with Crippen molar-refractivity contribution in [3.8, 4) is 0 Å². The van der Waals surface area contributed by atoms with Gasteiger partial charge in [-0.1, -0.05) is 30.3 Å². The maximum absolute atomic E-state index is 12.5. The molecule has 0 N–H and O–H groups in total. The molecule has 1 fully saturated rings. The van der Waals surface area contributed by atoms with Gasteiger partial charge in [0.15, 0.2) is 0 Å². The summed E-state index contributed by atoms with van der Waals surface area (Å²) in [6.07, 6.45) is 1.01. The molecular weight excluding hydrogens is 486 g/mol. The van der Waals surface area contributed by atoms with Gasteiger partial charge in [-0.15, -0.1) is 0 Å². The van der Waals surface area contributed by atoms with Gasteiger partial charge in [-0.05, 0) is 60.1 Å². The summed E-state index contributed by atoms with van der Waals surface area (Å²) in [6, 6.07) is 9.64. The highest BCUT2D eigenvalue weighted by Gasteiger charge is 2.24. The standard InChI is InChI=1S/C29H47N3O6/c1-28(2,3)37-26(34)21-31-17-15-30(14-10-13-25(33)36-23-24-11-8-7-9-12-24)16-18-32(20-19-31)22-27(35)38-29(4,5)6/h7-9,11-12H,10,13-23H2,1-6H3. The minimum atomic E-state index is -0.541. The minimum Gasteiger partial charge on any atom is -0.461 e. The van der Waals surface area contributed by atoms with Crippen LogP contribution in [0, 0.1) is 0 Å². The average molecular weight is 534 g/mol. The van der Waals surface area contributed by atoms with Crippen LogP contribution >= 0.6 is 0 Å². The lowest BCUT2D eigenvalue weighted by Crippen LogP contribution is -2.42. The quantitative estimate of drug-likeness (QED) is 0.332. The number of carbonyl (C=O) groups is 3. The molecule has 1 saturated heterocycles. The highest BCUT2D eigenvalue weighted by Crippen LogP contribution is 2.11. The molecule has 0 atom stereocenters. The first-order chi connectivity index (χ1) is 17.8. The lowest BCUT2D eigenvalue weighted by Gasteiger charge is -2.27. The predicted molar refractivity (Wildman–Crippen MR) is 146 cm³/mol. The van der Waals surface area contributed by atoms with Crippen LogP contribution < -0.4 is 0 Å². The van der Waals surface area contributed by atoms with Crippen LogP contribution in [-0.4, -0.2) is 103 Å². The zero-order chi connectivity index (χ0) is 28.2. The topological polar surface area (TPSA) is 88.6 Å². The van der Waals surface area contributed by atoms with Gasteiger partial charge in [0.25, 0.3) is 0 Å². The molecule has 1 aromatic rings. The summed E-state index contributed by atoms with van der Waals surface area (Å²) in [4.78, 5) is 43.7. The normalized spacial score (nSPS) is 16.7. The van der Waals surface area contributed by atoms with Gasteiger partial charge in [-0.25, -0.2) is 0 Å². The van der Waals surface area contributed by atoms with Crippen LogP contribution in [0.1, 0.15) is 59.9 Å². The number of nitrogens with zero attached hydrogens (tertiary/aromatic N) is 3. The maximum atomic E-state index is 12.5. The SMILES string of the molecule is CC(C)(C)OC(=O)CN1CCN(CCCC(=O)OCc2ccccc2)CCN(CC(=O)OC(C)(C)C)CC1. The fourth-order valence-electron chi connectivity index (χ4n) is 4.09. The van der Waals surface area contributed by atoms with Crippen molar-refractivity contribution in [3.63, 3.8) is 0 Å². The van der Waals surface area contributed by atoms with Crippen molar-refractivity contribution < 1.29 is 28.6 Å². The Bertz CT molecular complexity index is 837. The fraction of sp³-hybridized carbons (Fsp3) is 0.690. The number of carbonyl (C=O) groups excluding carboxylic acids is 3. The molecular formula is C29H47N3O6. The molecule has 0 radical (unpaired) electrons. The van der Waals surface area contributed by atoms with Crippen molar-refractivity contribution in [1.29, 1.82) is 0 Å². The Morgan fingerprint density at radius 1 is 0.684 bits per heavy atom. The van der Waals surface area contributed by atoms with Crippen LogP contribution in [0.5, 0.6) is 0 Å². The van der Waals surface area contributed by atoms with Gasteiger partial charge in [-0.2, -0.15) is 0 Å². The van der Waals surface area contributed by atoms with Gasteiger partial charge < -0.3 is 19.1 Å². The van der Waals surface area contributed by atoms with Crippen molar-refractivity contribution >= 4 is 17.9 Å². The van der Waals surface area contributed by atoms with E-state index in [1.165, 1.54) is 0 Å². The molecule has 0 unspecified atom stereocenters. The summed E-state index contributed by atoms with van der Waals surface area (Å²) < 4.78 is 16.5. The Kier molecular flexibility index (Phi) is 12.7. The second-order valence-corrected chi connectivity index (χ2v) is 11.8. The molecule has 1 aliphatic heterocycles. The van der Waals surface area contributed by atoms with E-state index in [0.29, 0.717) is 39.0 Å². The third-order valence-corrected chi connectivity index (χ3v) is 5.84. The van der Waals surface area contributed by atoms with Gasteiger partial charge in [0.2, 0.25) is 0 Å². The predicted octanol–water partition coefficient (Wildman–Crippen LogP) is 3.11. The molecule has 0 bridgehead atoms. The van der Waals surface area contributed by atoms with E-state index in [0.717, 1.165) is 25.2 Å². The molecule has 9 heteroatoms. The van der Waals surface area contributed by atoms with E-state index < -0.39 is 11.2 Å². The summed E-state index contributed by atoms with van der Waals surface area (Å²) in [5, 5.41) is 0. The highest BCUT2D eigenvalue weighted by atomic mass is 16.6. The Labute approximate surface area is 228 Å². The van der Waals surface area contributed by atoms with E-state index in [1.54, 1.807) is 0 Å². The molecule has 1 heterocycles. The number of ether oxygens (including phenoxy) is 3. The van der Waals surface area contributed by atoms with Crippen LogP contribution in [0.25, 0.3) is 0 Å². The van der Waals surface area contributed by atoms with Crippen LogP contribution in [0.15, 0.2) is 30.3 Å². The first-order valence-corrected chi connectivity index (χ1v) is 13.6. The van der Waals surface area contributed by atoms with Crippen LogP contribution in [0.4, 0.5) is 0 Å². The Hall–Kier alpha value is -2.49. The minimum absolute atomic E-state index is 0.192. The monoisotopic (exact) mass is 533 g/mol. The Balaban J connectivity index is 1.92. The van der Waals surface area contributed by atoms with Gasteiger partial charge in [0.05, 0.1) is 13.1 Å².